The first-order chi connectivity index (χ1) is 17.3. The molecule has 1 aliphatic carbocycles. The highest BCUT2D eigenvalue weighted by atomic mass is 19.1. The lowest BCUT2D eigenvalue weighted by Gasteiger charge is -2.14. The molecule has 1 fully saturated rings. The Kier molecular flexibility index (Phi) is 12.9. The highest BCUT2D eigenvalue weighted by Crippen LogP contribution is 2.30. The number of alkyl halides is 1. The fourth-order valence-corrected chi connectivity index (χ4v) is 4.88. The quantitative estimate of drug-likeness (QED) is 0.198. The lowest BCUT2D eigenvalue weighted by atomic mass is 9.99. The van der Waals surface area contributed by atoms with Gasteiger partial charge < -0.3 is 9.47 Å². The van der Waals surface area contributed by atoms with Crippen LogP contribution >= 0.6 is 0 Å². The first-order valence-electron chi connectivity index (χ1n) is 14.1. The van der Waals surface area contributed by atoms with Crippen LogP contribution in [0.1, 0.15) is 103 Å². The molecule has 1 saturated carbocycles. The van der Waals surface area contributed by atoms with Crippen molar-refractivity contribution in [2.24, 2.45) is 5.92 Å². The summed E-state index contributed by atoms with van der Waals surface area (Å²) in [7, 11) is 0. The summed E-state index contributed by atoms with van der Waals surface area (Å²) in [5.41, 5.74) is 0.901. The fourth-order valence-electron chi connectivity index (χ4n) is 4.88. The van der Waals surface area contributed by atoms with Crippen molar-refractivity contribution in [3.8, 4) is 23.0 Å². The summed E-state index contributed by atoms with van der Waals surface area (Å²) in [6, 6.07) is 9.77. The molecule has 1 aliphatic rings. The van der Waals surface area contributed by atoms with Gasteiger partial charge in [0.25, 0.3) is 5.88 Å². The van der Waals surface area contributed by atoms with Gasteiger partial charge in [0.15, 0.2) is 11.6 Å². The summed E-state index contributed by atoms with van der Waals surface area (Å²) in [6.45, 7) is 2.76. The summed E-state index contributed by atoms with van der Waals surface area (Å²) < 4.78 is 26.2. The van der Waals surface area contributed by atoms with Crippen molar-refractivity contribution in [2.75, 3.05) is 13.2 Å². The highest BCUT2D eigenvalue weighted by Gasteiger charge is 2.15. The van der Waals surface area contributed by atoms with Gasteiger partial charge in [0.2, 0.25) is 0 Å². The molecule has 0 N–H and O–H groups in total. The number of rotatable bonds is 18. The Labute approximate surface area is 212 Å². The van der Waals surface area contributed by atoms with E-state index in [0.717, 1.165) is 50.0 Å². The van der Waals surface area contributed by atoms with Gasteiger partial charge in [-0.2, -0.15) is 4.98 Å². The Morgan fingerprint density at radius 1 is 0.914 bits per heavy atom. The lowest BCUT2D eigenvalue weighted by Crippen LogP contribution is -2.14. The zero-order valence-corrected chi connectivity index (χ0v) is 21.7. The second-order valence-electron chi connectivity index (χ2n) is 10.0. The van der Waals surface area contributed by atoms with E-state index in [1.807, 2.05) is 30.3 Å². The average Bonchev–Trinajstić information content (AvgIpc) is 3.41. The van der Waals surface area contributed by atoms with E-state index in [2.05, 4.69) is 16.9 Å². The highest BCUT2D eigenvalue weighted by molar-refractivity contribution is 5.56. The van der Waals surface area contributed by atoms with Gasteiger partial charge in [0, 0.05) is 5.56 Å². The molecular weight excluding hydrogens is 439 g/mol. The van der Waals surface area contributed by atoms with Crippen LogP contribution in [-0.4, -0.2) is 29.4 Å². The van der Waals surface area contributed by atoms with Crippen molar-refractivity contribution in [1.82, 2.24) is 9.97 Å². The number of nitrogens with zero attached hydrogens (tertiary/aromatic N) is 2. The first kappa shape index (κ1) is 27.4. The summed E-state index contributed by atoms with van der Waals surface area (Å²) in [6.07, 6.45) is 18.7. The zero-order valence-electron chi connectivity index (χ0n) is 21.7. The van der Waals surface area contributed by atoms with Crippen molar-refractivity contribution in [3.05, 3.63) is 36.5 Å². The molecule has 194 valence electrons. The molecule has 1 unspecified atom stereocenters. The number of aromatic nitrogens is 2. The van der Waals surface area contributed by atoms with Crippen LogP contribution in [0.5, 0.6) is 11.6 Å². The first-order valence-corrected chi connectivity index (χ1v) is 14.1. The Morgan fingerprint density at radius 2 is 1.66 bits per heavy atom. The van der Waals surface area contributed by atoms with Crippen molar-refractivity contribution in [1.29, 1.82) is 0 Å². The predicted octanol–water partition coefficient (Wildman–Crippen LogP) is 8.74. The normalized spacial score (nSPS) is 14.8. The van der Waals surface area contributed by atoms with Crippen molar-refractivity contribution < 1.29 is 13.9 Å². The lowest BCUT2D eigenvalue weighted by molar-refractivity contribution is 0.170. The Bertz CT molecular complexity index is 811. The molecule has 0 bridgehead atoms. The number of hydrogen-bond donors (Lipinski definition) is 0. The van der Waals surface area contributed by atoms with Gasteiger partial charge >= 0.3 is 0 Å². The van der Waals surface area contributed by atoms with Gasteiger partial charge in [0.05, 0.1) is 12.8 Å². The van der Waals surface area contributed by atoms with Crippen molar-refractivity contribution in [3.63, 3.8) is 0 Å². The molecular formula is C30H45FN2O2. The largest absolute Gasteiger partial charge is 0.487 e. The fraction of sp³-hybridized carbons (Fsp3) is 0.667. The molecule has 3 rings (SSSR count). The minimum Gasteiger partial charge on any atom is -0.487 e. The van der Waals surface area contributed by atoms with Crippen LogP contribution in [0.3, 0.4) is 0 Å². The molecule has 35 heavy (non-hydrogen) atoms. The third-order valence-corrected chi connectivity index (χ3v) is 7.02. The van der Waals surface area contributed by atoms with Gasteiger partial charge in [-0.1, -0.05) is 121 Å². The molecule has 0 spiro atoms. The van der Waals surface area contributed by atoms with E-state index < -0.39 is 6.17 Å². The predicted molar refractivity (Wildman–Crippen MR) is 142 cm³/mol. The van der Waals surface area contributed by atoms with E-state index in [9.17, 15) is 4.39 Å². The third-order valence-electron chi connectivity index (χ3n) is 7.02. The van der Waals surface area contributed by atoms with Gasteiger partial charge in [-0.05, 0) is 18.8 Å². The standard InChI is InChI=1S/C30H45FN2O2/c1-2-3-4-12-21-27(31)24-35-30-28(23-32-29(33-30)26-19-10-8-11-20-26)34-22-15-7-5-6-9-16-25-17-13-14-18-25/h8,10-11,19-20,23,25,27H,2-7,9,12-18,21-22,24H2,1H3. The second kappa shape index (κ2) is 16.5. The topological polar surface area (TPSA) is 44.2 Å². The molecule has 0 saturated heterocycles. The van der Waals surface area contributed by atoms with Crippen LogP contribution in [0.2, 0.25) is 0 Å². The molecule has 5 heteroatoms. The van der Waals surface area contributed by atoms with Crippen LogP contribution < -0.4 is 9.47 Å². The van der Waals surface area contributed by atoms with Crippen molar-refractivity contribution in [2.45, 2.75) is 109 Å². The Hall–Kier alpha value is -2.17. The molecule has 2 aromatic rings. The number of halogens is 1. The van der Waals surface area contributed by atoms with Gasteiger partial charge in [-0.3, -0.25) is 0 Å². The molecule has 1 aromatic carbocycles. The zero-order chi connectivity index (χ0) is 24.6. The number of hydrogen-bond acceptors (Lipinski definition) is 4. The molecule has 1 atom stereocenters. The SMILES string of the molecule is CCCCCCC(F)COc1nc(-c2ccccc2)ncc1OCCCCCCCC1CCCC1. The summed E-state index contributed by atoms with van der Waals surface area (Å²) in [5, 5.41) is 0. The van der Waals surface area contributed by atoms with E-state index in [4.69, 9.17) is 9.47 Å². The van der Waals surface area contributed by atoms with Gasteiger partial charge in [-0.15, -0.1) is 0 Å². The van der Waals surface area contributed by atoms with Crippen LogP contribution in [0.15, 0.2) is 36.5 Å². The van der Waals surface area contributed by atoms with Crippen LogP contribution in [0.4, 0.5) is 4.39 Å². The van der Waals surface area contributed by atoms with E-state index in [-0.39, 0.29) is 6.61 Å². The monoisotopic (exact) mass is 484 g/mol. The number of ether oxygens (including phenoxy) is 2. The van der Waals surface area contributed by atoms with E-state index in [1.165, 1.54) is 51.4 Å². The van der Waals surface area contributed by atoms with E-state index >= 15 is 0 Å². The third kappa shape index (κ3) is 10.5. The van der Waals surface area contributed by atoms with E-state index in [1.54, 1.807) is 6.20 Å². The number of benzene rings is 1. The van der Waals surface area contributed by atoms with Crippen LogP contribution in [0.25, 0.3) is 11.4 Å². The Balaban J connectivity index is 1.44. The number of unbranched alkanes of at least 4 members (excludes halogenated alkanes) is 7. The Morgan fingerprint density at radius 3 is 2.46 bits per heavy atom. The molecule has 4 nitrogen and oxygen atoms in total. The molecule has 1 heterocycles. The maximum Gasteiger partial charge on any atom is 0.260 e. The molecule has 0 aliphatic heterocycles. The minimum atomic E-state index is -1.00. The van der Waals surface area contributed by atoms with Crippen molar-refractivity contribution >= 4 is 0 Å². The summed E-state index contributed by atoms with van der Waals surface area (Å²) in [4.78, 5) is 9.05. The molecule has 0 radical (unpaired) electrons. The maximum absolute atomic E-state index is 14.4. The maximum atomic E-state index is 14.4. The van der Waals surface area contributed by atoms with Crippen LogP contribution in [0, 0.1) is 5.92 Å². The molecule has 1 aromatic heterocycles. The summed E-state index contributed by atoms with van der Waals surface area (Å²) >= 11 is 0. The van der Waals surface area contributed by atoms with E-state index in [0.29, 0.717) is 30.5 Å². The summed E-state index contributed by atoms with van der Waals surface area (Å²) in [5.74, 6) is 2.40. The second-order valence-corrected chi connectivity index (χ2v) is 10.0. The van der Waals surface area contributed by atoms with Gasteiger partial charge in [0.1, 0.15) is 12.8 Å². The van der Waals surface area contributed by atoms with Gasteiger partial charge in [-0.25, -0.2) is 9.37 Å². The van der Waals surface area contributed by atoms with Crippen LogP contribution in [-0.2, 0) is 0 Å². The average molecular weight is 485 g/mol. The minimum absolute atomic E-state index is 0.00524. The smallest absolute Gasteiger partial charge is 0.260 e. The molecule has 0 amide bonds.